The number of nitrogen functional groups attached to an aromatic ring is 1. The molecule has 0 aliphatic carbocycles. The number of hydrogen-bond donors (Lipinski definition) is 2. The first-order valence-corrected chi connectivity index (χ1v) is 7.57. The number of rotatable bonds is 5. The Kier molecular flexibility index (Phi) is 4.73. The van der Waals surface area contributed by atoms with Crippen LogP contribution in [0.4, 0.5) is 10.1 Å². The predicted octanol–water partition coefficient (Wildman–Crippen LogP) is 4.00. The van der Waals surface area contributed by atoms with Crippen molar-refractivity contribution in [1.29, 1.82) is 0 Å². The summed E-state index contributed by atoms with van der Waals surface area (Å²) < 4.78 is 13.6. The molecule has 0 amide bonds. The number of carboxylic acid groups (broad SMARTS) is 1. The molecular weight excluding hydrogens is 309 g/mol. The Balaban J connectivity index is 2.27. The normalized spacial score (nSPS) is 12.7. The van der Waals surface area contributed by atoms with Gasteiger partial charge in [0.2, 0.25) is 0 Å². The van der Waals surface area contributed by atoms with Gasteiger partial charge in [-0.25, -0.2) is 4.39 Å². The molecule has 4 nitrogen and oxygen atoms in total. The Hall–Kier alpha value is -2.69. The standard InChI is InChI=1S/C19H20FNO3/c1-11(19(2,3)18(23)24)17(22)13-6-4-12(5-7-13)14-8-9-16(21)15(20)10-14/h4-11H,21H2,1-3H3,(H,23,24). The molecule has 2 rings (SSSR count). The van der Waals surface area contributed by atoms with Gasteiger partial charge in [0.25, 0.3) is 0 Å². The third-order valence-corrected chi connectivity index (χ3v) is 4.53. The third-order valence-electron chi connectivity index (χ3n) is 4.53. The number of anilines is 1. The lowest BCUT2D eigenvalue weighted by Gasteiger charge is -2.26. The van der Waals surface area contributed by atoms with Gasteiger partial charge in [-0.3, -0.25) is 9.59 Å². The van der Waals surface area contributed by atoms with Gasteiger partial charge in [0, 0.05) is 11.5 Å². The number of carbonyl (C=O) groups is 2. The van der Waals surface area contributed by atoms with Gasteiger partial charge in [0.05, 0.1) is 11.1 Å². The minimum absolute atomic E-state index is 0.0790. The Morgan fingerprint density at radius 3 is 2.12 bits per heavy atom. The van der Waals surface area contributed by atoms with Crippen LogP contribution in [0.1, 0.15) is 31.1 Å². The molecule has 24 heavy (non-hydrogen) atoms. The topological polar surface area (TPSA) is 80.4 Å². The van der Waals surface area contributed by atoms with Crippen LogP contribution in [0.15, 0.2) is 42.5 Å². The van der Waals surface area contributed by atoms with Crippen molar-refractivity contribution < 1.29 is 19.1 Å². The summed E-state index contributed by atoms with van der Waals surface area (Å²) >= 11 is 0. The van der Waals surface area contributed by atoms with E-state index in [4.69, 9.17) is 5.73 Å². The highest BCUT2D eigenvalue weighted by molar-refractivity contribution is 6.00. The van der Waals surface area contributed by atoms with Gasteiger partial charge < -0.3 is 10.8 Å². The van der Waals surface area contributed by atoms with E-state index in [1.54, 1.807) is 37.3 Å². The van der Waals surface area contributed by atoms with Crippen molar-refractivity contribution in [2.75, 3.05) is 5.73 Å². The number of carbonyl (C=O) groups excluding carboxylic acids is 1. The van der Waals surface area contributed by atoms with E-state index >= 15 is 0 Å². The van der Waals surface area contributed by atoms with Gasteiger partial charge in [-0.15, -0.1) is 0 Å². The van der Waals surface area contributed by atoms with E-state index < -0.39 is 23.1 Å². The van der Waals surface area contributed by atoms with Crippen LogP contribution in [0, 0.1) is 17.2 Å². The van der Waals surface area contributed by atoms with Gasteiger partial charge in [-0.2, -0.15) is 0 Å². The number of Topliss-reactive ketones (excluding diaryl/α,β-unsaturated/α-hetero) is 1. The summed E-state index contributed by atoms with van der Waals surface area (Å²) in [6.07, 6.45) is 0. The van der Waals surface area contributed by atoms with Crippen molar-refractivity contribution in [3.63, 3.8) is 0 Å². The molecule has 1 atom stereocenters. The summed E-state index contributed by atoms with van der Waals surface area (Å²) in [5.74, 6) is -2.42. The second-order valence-electron chi connectivity index (χ2n) is 6.43. The van der Waals surface area contributed by atoms with Crippen molar-refractivity contribution in [1.82, 2.24) is 0 Å². The Morgan fingerprint density at radius 1 is 1.08 bits per heavy atom. The smallest absolute Gasteiger partial charge is 0.309 e. The first-order chi connectivity index (χ1) is 11.1. The predicted molar refractivity (Wildman–Crippen MR) is 91.2 cm³/mol. The van der Waals surface area contributed by atoms with Crippen LogP contribution < -0.4 is 5.73 Å². The Morgan fingerprint density at radius 2 is 1.62 bits per heavy atom. The van der Waals surface area contributed by atoms with E-state index in [9.17, 15) is 19.1 Å². The van der Waals surface area contributed by atoms with Crippen LogP contribution in [0.5, 0.6) is 0 Å². The highest BCUT2D eigenvalue weighted by atomic mass is 19.1. The van der Waals surface area contributed by atoms with Crippen LogP contribution >= 0.6 is 0 Å². The molecular formula is C19H20FNO3. The van der Waals surface area contributed by atoms with E-state index in [0.717, 1.165) is 5.56 Å². The summed E-state index contributed by atoms with van der Waals surface area (Å²) in [4.78, 5) is 23.8. The molecule has 0 radical (unpaired) electrons. The fourth-order valence-corrected chi connectivity index (χ4v) is 2.30. The van der Waals surface area contributed by atoms with Crippen LogP contribution in [-0.2, 0) is 4.79 Å². The third kappa shape index (κ3) is 3.30. The van der Waals surface area contributed by atoms with E-state index in [1.165, 1.54) is 26.0 Å². The molecule has 126 valence electrons. The number of aliphatic carboxylic acids is 1. The molecule has 0 bridgehead atoms. The zero-order valence-corrected chi connectivity index (χ0v) is 13.8. The summed E-state index contributed by atoms with van der Waals surface area (Å²) in [5, 5.41) is 9.25. The zero-order valence-electron chi connectivity index (χ0n) is 13.8. The highest BCUT2D eigenvalue weighted by Gasteiger charge is 2.38. The van der Waals surface area contributed by atoms with E-state index in [0.29, 0.717) is 11.1 Å². The molecule has 2 aromatic carbocycles. The van der Waals surface area contributed by atoms with Gasteiger partial charge in [-0.1, -0.05) is 37.3 Å². The fourth-order valence-electron chi connectivity index (χ4n) is 2.30. The second kappa shape index (κ2) is 6.43. The molecule has 2 aromatic rings. The molecule has 0 heterocycles. The van der Waals surface area contributed by atoms with E-state index in [-0.39, 0.29) is 11.5 Å². The summed E-state index contributed by atoms with van der Waals surface area (Å²) in [5.41, 5.74) is 6.21. The Bertz CT molecular complexity index is 782. The average Bonchev–Trinajstić information content (AvgIpc) is 2.56. The summed E-state index contributed by atoms with van der Waals surface area (Å²) in [6.45, 7) is 4.67. The van der Waals surface area contributed by atoms with E-state index in [2.05, 4.69) is 0 Å². The van der Waals surface area contributed by atoms with Crippen molar-refractivity contribution in [2.45, 2.75) is 20.8 Å². The molecule has 0 saturated carbocycles. The molecule has 0 aliphatic heterocycles. The lowest BCUT2D eigenvalue weighted by atomic mass is 9.76. The monoisotopic (exact) mass is 329 g/mol. The number of ketones is 1. The van der Waals surface area contributed by atoms with Crippen molar-refractivity contribution >= 4 is 17.4 Å². The lowest BCUT2D eigenvalue weighted by Crippen LogP contribution is -2.36. The van der Waals surface area contributed by atoms with Crippen LogP contribution in [0.2, 0.25) is 0 Å². The number of benzene rings is 2. The SMILES string of the molecule is CC(C(=O)c1ccc(-c2ccc(N)c(F)c2)cc1)C(C)(C)C(=O)O. The number of carboxylic acids is 1. The van der Waals surface area contributed by atoms with Crippen LogP contribution in [0.3, 0.4) is 0 Å². The molecule has 0 aromatic heterocycles. The first-order valence-electron chi connectivity index (χ1n) is 7.57. The van der Waals surface area contributed by atoms with Gasteiger partial charge in [0.15, 0.2) is 5.78 Å². The van der Waals surface area contributed by atoms with Gasteiger partial charge >= 0.3 is 5.97 Å². The van der Waals surface area contributed by atoms with Gasteiger partial charge in [0.1, 0.15) is 5.82 Å². The number of halogens is 1. The Labute approximate surface area is 140 Å². The maximum atomic E-state index is 13.6. The summed E-state index contributed by atoms with van der Waals surface area (Å²) in [6, 6.07) is 11.2. The highest BCUT2D eigenvalue weighted by Crippen LogP contribution is 2.30. The maximum Gasteiger partial charge on any atom is 0.309 e. The molecule has 0 saturated heterocycles. The largest absolute Gasteiger partial charge is 0.481 e. The average molecular weight is 329 g/mol. The van der Waals surface area contributed by atoms with Crippen molar-refractivity contribution in [2.24, 2.45) is 11.3 Å². The molecule has 5 heteroatoms. The van der Waals surface area contributed by atoms with Crippen molar-refractivity contribution in [3.05, 3.63) is 53.8 Å². The molecule has 0 fully saturated rings. The molecule has 0 aliphatic rings. The van der Waals surface area contributed by atoms with Crippen LogP contribution in [-0.4, -0.2) is 16.9 Å². The quantitative estimate of drug-likeness (QED) is 0.641. The fraction of sp³-hybridized carbons (Fsp3) is 0.263. The van der Waals surface area contributed by atoms with E-state index in [1.807, 2.05) is 0 Å². The zero-order chi connectivity index (χ0) is 18.1. The molecule has 0 spiro atoms. The maximum absolute atomic E-state index is 13.6. The minimum atomic E-state index is -1.16. The number of hydrogen-bond acceptors (Lipinski definition) is 3. The van der Waals surface area contributed by atoms with Gasteiger partial charge in [-0.05, 0) is 37.1 Å². The number of nitrogens with two attached hydrogens (primary N) is 1. The minimum Gasteiger partial charge on any atom is -0.481 e. The van der Waals surface area contributed by atoms with Crippen LogP contribution in [0.25, 0.3) is 11.1 Å². The van der Waals surface area contributed by atoms with Crippen molar-refractivity contribution in [3.8, 4) is 11.1 Å². The molecule has 3 N–H and O–H groups in total. The summed E-state index contributed by atoms with van der Waals surface area (Å²) in [7, 11) is 0. The molecule has 1 unspecified atom stereocenters. The lowest BCUT2D eigenvalue weighted by molar-refractivity contribution is -0.148. The second-order valence-corrected chi connectivity index (χ2v) is 6.43. The first kappa shape index (κ1) is 17.7.